The summed E-state index contributed by atoms with van der Waals surface area (Å²) in [7, 11) is 0. The lowest BCUT2D eigenvalue weighted by Gasteiger charge is -2.29. The molecule has 0 saturated carbocycles. The quantitative estimate of drug-likeness (QED) is 0.496. The van der Waals surface area contributed by atoms with E-state index in [1.165, 1.54) is 36.4 Å². The number of hydrogen-bond acceptors (Lipinski definition) is 4. The van der Waals surface area contributed by atoms with Crippen LogP contribution in [0, 0.1) is 0 Å². The molecule has 0 spiro atoms. The number of nitrogens with one attached hydrogen (secondary N) is 2. The lowest BCUT2D eigenvalue weighted by Crippen LogP contribution is -2.56. The van der Waals surface area contributed by atoms with Crippen molar-refractivity contribution in [2.24, 2.45) is 0 Å². The third-order valence-electron chi connectivity index (χ3n) is 4.71. The van der Waals surface area contributed by atoms with E-state index in [0.29, 0.717) is 0 Å². The molecule has 4 amide bonds. The average molecular weight is 475 g/mol. The van der Waals surface area contributed by atoms with Gasteiger partial charge in [-0.25, -0.2) is 4.79 Å². The number of ether oxygens (including phenoxy) is 1. The van der Waals surface area contributed by atoms with Crippen LogP contribution in [0.25, 0.3) is 0 Å². The highest BCUT2D eigenvalue weighted by Crippen LogP contribution is 2.43. The van der Waals surface area contributed by atoms with Crippen LogP contribution in [-0.2, 0) is 21.7 Å². The third-order valence-corrected chi connectivity index (χ3v) is 4.71. The first-order valence-electron chi connectivity index (χ1n) is 9.22. The SMILES string of the molecule is O=C(CN1C(=O)NC(c2ccccc2)(C(F)(F)F)C1=O)NCc1ccccc1OC(F)(F)F. The van der Waals surface area contributed by atoms with Crippen molar-refractivity contribution in [3.05, 3.63) is 65.7 Å². The van der Waals surface area contributed by atoms with Crippen LogP contribution < -0.4 is 15.4 Å². The van der Waals surface area contributed by atoms with Crippen LogP contribution in [0.2, 0.25) is 0 Å². The maximum Gasteiger partial charge on any atom is 0.573 e. The molecular formula is C20H15F6N3O4. The molecule has 1 unspecified atom stereocenters. The number of benzene rings is 2. The van der Waals surface area contributed by atoms with Gasteiger partial charge in [0.05, 0.1) is 0 Å². The van der Waals surface area contributed by atoms with Crippen molar-refractivity contribution in [1.29, 1.82) is 0 Å². The highest BCUT2D eigenvalue weighted by Gasteiger charge is 2.68. The number of urea groups is 1. The van der Waals surface area contributed by atoms with Gasteiger partial charge in [0.15, 0.2) is 0 Å². The van der Waals surface area contributed by atoms with Gasteiger partial charge >= 0.3 is 18.6 Å². The summed E-state index contributed by atoms with van der Waals surface area (Å²) >= 11 is 0. The summed E-state index contributed by atoms with van der Waals surface area (Å²) in [6.07, 6.45) is -10.2. The molecule has 0 aromatic heterocycles. The number of alkyl halides is 6. The lowest BCUT2D eigenvalue weighted by atomic mass is 9.89. The Morgan fingerprint density at radius 3 is 2.18 bits per heavy atom. The molecule has 0 aliphatic carbocycles. The van der Waals surface area contributed by atoms with E-state index in [4.69, 9.17) is 0 Å². The van der Waals surface area contributed by atoms with E-state index in [-0.39, 0.29) is 10.5 Å². The van der Waals surface area contributed by atoms with Crippen molar-refractivity contribution in [1.82, 2.24) is 15.5 Å². The number of imide groups is 1. The van der Waals surface area contributed by atoms with Crippen LogP contribution in [-0.4, -0.2) is 41.8 Å². The number of nitrogens with zero attached hydrogens (tertiary/aromatic N) is 1. The van der Waals surface area contributed by atoms with Crippen LogP contribution in [0.15, 0.2) is 54.6 Å². The first kappa shape index (κ1) is 23.9. The van der Waals surface area contributed by atoms with E-state index < -0.39 is 60.3 Å². The minimum Gasteiger partial charge on any atom is -0.405 e. The Morgan fingerprint density at radius 1 is 0.970 bits per heavy atom. The predicted octanol–water partition coefficient (Wildman–Crippen LogP) is 3.21. The fourth-order valence-electron chi connectivity index (χ4n) is 3.23. The molecule has 1 saturated heterocycles. The van der Waals surface area contributed by atoms with Gasteiger partial charge in [-0.05, 0) is 11.6 Å². The van der Waals surface area contributed by atoms with Gasteiger partial charge in [-0.2, -0.15) is 13.2 Å². The number of carbonyl (C=O) groups is 3. The fraction of sp³-hybridized carbons (Fsp3) is 0.250. The van der Waals surface area contributed by atoms with E-state index in [9.17, 15) is 40.7 Å². The van der Waals surface area contributed by atoms with E-state index in [1.54, 1.807) is 5.32 Å². The van der Waals surface area contributed by atoms with Crippen LogP contribution in [0.4, 0.5) is 31.1 Å². The van der Waals surface area contributed by atoms with Gasteiger partial charge in [-0.15, -0.1) is 13.2 Å². The molecule has 176 valence electrons. The molecule has 1 aliphatic rings. The Morgan fingerprint density at radius 2 is 1.58 bits per heavy atom. The summed E-state index contributed by atoms with van der Waals surface area (Å²) in [5.74, 6) is -3.38. The molecule has 0 bridgehead atoms. The van der Waals surface area contributed by atoms with Gasteiger partial charge in [0.2, 0.25) is 11.4 Å². The van der Waals surface area contributed by atoms with Gasteiger partial charge in [0.25, 0.3) is 5.91 Å². The zero-order valence-corrected chi connectivity index (χ0v) is 16.5. The molecule has 2 aromatic carbocycles. The van der Waals surface area contributed by atoms with Crippen molar-refractivity contribution in [3.8, 4) is 5.75 Å². The van der Waals surface area contributed by atoms with Gasteiger partial charge in [0, 0.05) is 12.1 Å². The fourth-order valence-corrected chi connectivity index (χ4v) is 3.23. The van der Waals surface area contributed by atoms with Crippen molar-refractivity contribution in [2.45, 2.75) is 24.6 Å². The Kier molecular flexibility index (Phi) is 6.25. The summed E-state index contributed by atoms with van der Waals surface area (Å²) in [4.78, 5) is 37.2. The van der Waals surface area contributed by atoms with Crippen LogP contribution in [0.5, 0.6) is 5.75 Å². The Bertz CT molecular complexity index is 1060. The molecule has 1 atom stereocenters. The van der Waals surface area contributed by atoms with Gasteiger partial charge in [0.1, 0.15) is 12.3 Å². The molecule has 2 N–H and O–H groups in total. The summed E-state index contributed by atoms with van der Waals surface area (Å²) in [6, 6.07) is 9.34. The van der Waals surface area contributed by atoms with Crippen molar-refractivity contribution in [3.63, 3.8) is 0 Å². The van der Waals surface area contributed by atoms with Gasteiger partial charge in [-0.1, -0.05) is 48.5 Å². The van der Waals surface area contributed by atoms with Crippen molar-refractivity contribution >= 4 is 17.8 Å². The van der Waals surface area contributed by atoms with Crippen molar-refractivity contribution in [2.75, 3.05) is 6.54 Å². The topological polar surface area (TPSA) is 87.7 Å². The van der Waals surface area contributed by atoms with Crippen LogP contribution >= 0.6 is 0 Å². The smallest absolute Gasteiger partial charge is 0.405 e. The Balaban J connectivity index is 1.75. The molecular weight excluding hydrogens is 460 g/mol. The number of para-hydroxylation sites is 1. The maximum atomic E-state index is 13.9. The van der Waals surface area contributed by atoms with E-state index in [1.807, 2.05) is 0 Å². The molecule has 2 aromatic rings. The maximum absolute atomic E-state index is 13.9. The monoisotopic (exact) mass is 475 g/mol. The van der Waals surface area contributed by atoms with Gasteiger partial charge < -0.3 is 15.4 Å². The molecule has 33 heavy (non-hydrogen) atoms. The zero-order chi connectivity index (χ0) is 24.4. The minimum absolute atomic E-state index is 0.0886. The minimum atomic E-state index is -5.22. The Labute approximate surface area is 182 Å². The van der Waals surface area contributed by atoms with E-state index >= 15 is 0 Å². The number of halogens is 6. The van der Waals surface area contributed by atoms with Gasteiger partial charge in [-0.3, -0.25) is 14.5 Å². The summed E-state index contributed by atoms with van der Waals surface area (Å²) in [5.41, 5.74) is -4.01. The third kappa shape index (κ3) is 4.86. The first-order chi connectivity index (χ1) is 15.3. The normalized spacial score (nSPS) is 18.8. The molecule has 0 radical (unpaired) electrons. The molecule has 1 fully saturated rings. The standard InChI is InChI=1S/C20H15F6N3O4/c21-19(22,23)18(13-7-2-1-3-8-13)16(31)29(17(32)28-18)11-15(30)27-10-12-6-4-5-9-14(12)33-20(24,25)26/h1-9H,10-11H2,(H,27,30)(H,28,32). The predicted molar refractivity (Wildman–Crippen MR) is 99.4 cm³/mol. The number of carbonyl (C=O) groups excluding carboxylic acids is 3. The first-order valence-corrected chi connectivity index (χ1v) is 9.22. The number of amides is 4. The molecule has 13 heteroatoms. The second-order valence-corrected chi connectivity index (χ2v) is 6.87. The second kappa shape index (κ2) is 8.64. The Hall–Kier alpha value is -3.77. The zero-order valence-electron chi connectivity index (χ0n) is 16.5. The summed E-state index contributed by atoms with van der Waals surface area (Å²) < 4.78 is 83.1. The molecule has 3 rings (SSSR count). The summed E-state index contributed by atoms with van der Waals surface area (Å²) in [5, 5.41) is 3.78. The van der Waals surface area contributed by atoms with Crippen molar-refractivity contribution < 1.29 is 45.5 Å². The van der Waals surface area contributed by atoms with E-state index in [0.717, 1.165) is 18.2 Å². The number of rotatable bonds is 6. The molecule has 1 heterocycles. The second-order valence-electron chi connectivity index (χ2n) is 6.87. The largest absolute Gasteiger partial charge is 0.573 e. The average Bonchev–Trinajstić information content (AvgIpc) is 2.98. The van der Waals surface area contributed by atoms with E-state index in [2.05, 4.69) is 10.1 Å². The van der Waals surface area contributed by atoms with Crippen LogP contribution in [0.3, 0.4) is 0 Å². The highest BCUT2D eigenvalue weighted by atomic mass is 19.4. The highest BCUT2D eigenvalue weighted by molar-refractivity contribution is 6.10. The van der Waals surface area contributed by atoms with Crippen LogP contribution in [0.1, 0.15) is 11.1 Å². The summed E-state index contributed by atoms with van der Waals surface area (Å²) in [6.45, 7) is -1.59. The lowest BCUT2D eigenvalue weighted by molar-refractivity contribution is -0.274. The number of hydrogen-bond donors (Lipinski definition) is 2. The molecule has 1 aliphatic heterocycles. The molecule has 7 nitrogen and oxygen atoms in total.